The number of nitrogens with one attached hydrogen (secondary N) is 1. The average Bonchev–Trinajstić information content (AvgIpc) is 3.03. The van der Waals surface area contributed by atoms with Crippen LogP contribution >= 0.6 is 0 Å². The second-order valence-electron chi connectivity index (χ2n) is 6.94. The SMILES string of the molecule is COc1ccc(CC(=O)Nn2cnc3c(cnn3C(C)(C)C)c2=O)cc1. The monoisotopic (exact) mass is 355 g/mol. The number of fused-ring (bicyclic) bond motifs is 1. The van der Waals surface area contributed by atoms with E-state index in [1.165, 1.54) is 12.5 Å². The summed E-state index contributed by atoms with van der Waals surface area (Å²) in [7, 11) is 1.58. The molecule has 3 rings (SSSR count). The van der Waals surface area contributed by atoms with E-state index >= 15 is 0 Å². The highest BCUT2D eigenvalue weighted by Gasteiger charge is 2.20. The number of rotatable bonds is 4. The number of benzene rings is 1. The third kappa shape index (κ3) is 3.44. The van der Waals surface area contributed by atoms with E-state index in [1.54, 1.807) is 36.1 Å². The molecule has 0 fully saturated rings. The predicted molar refractivity (Wildman–Crippen MR) is 97.8 cm³/mol. The molecule has 0 spiro atoms. The minimum absolute atomic E-state index is 0.135. The number of amides is 1. The maximum absolute atomic E-state index is 12.6. The summed E-state index contributed by atoms with van der Waals surface area (Å²) < 4.78 is 7.86. The zero-order valence-corrected chi connectivity index (χ0v) is 15.2. The Morgan fingerprint density at radius 2 is 1.92 bits per heavy atom. The summed E-state index contributed by atoms with van der Waals surface area (Å²) in [6.07, 6.45) is 2.91. The van der Waals surface area contributed by atoms with Crippen LogP contribution in [0.15, 0.2) is 41.6 Å². The van der Waals surface area contributed by atoms with Crippen molar-refractivity contribution in [2.45, 2.75) is 32.7 Å². The van der Waals surface area contributed by atoms with Gasteiger partial charge in [0.2, 0.25) is 5.91 Å². The van der Waals surface area contributed by atoms with Gasteiger partial charge in [-0.15, -0.1) is 0 Å². The molecule has 0 aliphatic carbocycles. The summed E-state index contributed by atoms with van der Waals surface area (Å²) in [5.41, 5.74) is 3.19. The molecular weight excluding hydrogens is 334 g/mol. The quantitative estimate of drug-likeness (QED) is 0.769. The molecule has 0 aliphatic heterocycles. The maximum atomic E-state index is 12.6. The average molecular weight is 355 g/mol. The molecule has 0 atom stereocenters. The molecule has 1 aromatic carbocycles. The largest absolute Gasteiger partial charge is 0.497 e. The fourth-order valence-corrected chi connectivity index (χ4v) is 2.58. The number of carbonyl (C=O) groups is 1. The molecule has 1 N–H and O–H groups in total. The highest BCUT2D eigenvalue weighted by Crippen LogP contribution is 2.17. The molecule has 8 heteroatoms. The number of hydrogen-bond acceptors (Lipinski definition) is 5. The summed E-state index contributed by atoms with van der Waals surface area (Å²) in [5, 5.41) is 4.60. The van der Waals surface area contributed by atoms with Gasteiger partial charge in [-0.25, -0.2) is 14.3 Å². The Morgan fingerprint density at radius 3 is 2.54 bits per heavy atom. The van der Waals surface area contributed by atoms with Crippen LogP contribution in [0.4, 0.5) is 0 Å². The third-order valence-corrected chi connectivity index (χ3v) is 3.89. The van der Waals surface area contributed by atoms with Crippen LogP contribution in [-0.4, -0.2) is 32.5 Å². The van der Waals surface area contributed by atoms with Crippen LogP contribution in [0.25, 0.3) is 11.0 Å². The van der Waals surface area contributed by atoms with Crippen molar-refractivity contribution in [3.05, 3.63) is 52.7 Å². The molecule has 3 aromatic rings. The van der Waals surface area contributed by atoms with Gasteiger partial charge in [-0.2, -0.15) is 5.10 Å². The van der Waals surface area contributed by atoms with Gasteiger partial charge in [-0.05, 0) is 38.5 Å². The minimum atomic E-state index is -0.367. The topological polar surface area (TPSA) is 91.0 Å². The van der Waals surface area contributed by atoms with E-state index in [0.717, 1.165) is 16.0 Å². The Bertz CT molecular complexity index is 996. The fraction of sp³-hybridized carbons (Fsp3) is 0.333. The first-order chi connectivity index (χ1) is 12.3. The first-order valence-corrected chi connectivity index (χ1v) is 8.18. The van der Waals surface area contributed by atoms with Gasteiger partial charge in [0.05, 0.1) is 25.3 Å². The number of nitrogens with zero attached hydrogens (tertiary/aromatic N) is 4. The Morgan fingerprint density at radius 1 is 1.23 bits per heavy atom. The van der Waals surface area contributed by atoms with E-state index in [-0.39, 0.29) is 23.4 Å². The summed E-state index contributed by atoms with van der Waals surface area (Å²) in [4.78, 5) is 29.1. The fourth-order valence-electron chi connectivity index (χ4n) is 2.58. The van der Waals surface area contributed by atoms with Crippen molar-refractivity contribution >= 4 is 16.9 Å². The van der Waals surface area contributed by atoms with E-state index in [4.69, 9.17) is 4.74 Å². The van der Waals surface area contributed by atoms with Gasteiger partial charge < -0.3 is 4.74 Å². The summed E-state index contributed by atoms with van der Waals surface area (Å²) in [6.45, 7) is 5.93. The number of carbonyl (C=O) groups excluding carboxylic acids is 1. The van der Waals surface area contributed by atoms with Gasteiger partial charge in [0, 0.05) is 0 Å². The Balaban J connectivity index is 1.81. The lowest BCUT2D eigenvalue weighted by molar-refractivity contribution is -0.116. The van der Waals surface area contributed by atoms with Crippen molar-refractivity contribution in [1.29, 1.82) is 0 Å². The molecule has 0 unspecified atom stereocenters. The van der Waals surface area contributed by atoms with Crippen LogP contribution in [-0.2, 0) is 16.8 Å². The van der Waals surface area contributed by atoms with E-state index in [9.17, 15) is 9.59 Å². The first kappa shape index (κ1) is 17.7. The van der Waals surface area contributed by atoms with Crippen molar-refractivity contribution in [2.75, 3.05) is 12.5 Å². The van der Waals surface area contributed by atoms with E-state index in [0.29, 0.717) is 11.0 Å². The predicted octanol–water partition coefficient (Wildman–Crippen LogP) is 1.67. The van der Waals surface area contributed by atoms with Gasteiger partial charge in [0.1, 0.15) is 17.5 Å². The standard InChI is InChI=1S/C18H21N5O3/c1-18(2,3)23-16-14(10-20-23)17(25)22(11-19-16)21-15(24)9-12-5-7-13(26-4)8-6-12/h5-8,10-11H,9H2,1-4H3,(H,21,24). The molecule has 0 saturated heterocycles. The van der Waals surface area contributed by atoms with Crippen LogP contribution < -0.4 is 15.7 Å². The third-order valence-electron chi connectivity index (χ3n) is 3.89. The number of ether oxygens (including phenoxy) is 1. The molecule has 0 bridgehead atoms. The first-order valence-electron chi connectivity index (χ1n) is 8.18. The molecule has 0 radical (unpaired) electrons. The Kier molecular flexibility index (Phi) is 4.50. The van der Waals surface area contributed by atoms with E-state index in [2.05, 4.69) is 15.5 Å². The van der Waals surface area contributed by atoms with Crippen LogP contribution in [0.5, 0.6) is 5.75 Å². The molecule has 136 valence electrons. The van der Waals surface area contributed by atoms with Gasteiger partial charge >= 0.3 is 0 Å². The molecule has 2 aromatic heterocycles. The smallest absolute Gasteiger partial charge is 0.283 e. The van der Waals surface area contributed by atoms with Crippen LogP contribution in [0.1, 0.15) is 26.3 Å². The molecule has 0 saturated carbocycles. The maximum Gasteiger partial charge on any atom is 0.283 e. The molecule has 1 amide bonds. The van der Waals surface area contributed by atoms with E-state index in [1.807, 2.05) is 20.8 Å². The van der Waals surface area contributed by atoms with Crippen LogP contribution in [0.2, 0.25) is 0 Å². The zero-order valence-electron chi connectivity index (χ0n) is 15.2. The van der Waals surface area contributed by atoms with Gasteiger partial charge in [-0.1, -0.05) is 12.1 Å². The second-order valence-corrected chi connectivity index (χ2v) is 6.94. The van der Waals surface area contributed by atoms with Crippen molar-refractivity contribution in [2.24, 2.45) is 0 Å². The van der Waals surface area contributed by atoms with Gasteiger partial charge in [-0.3, -0.25) is 15.0 Å². The van der Waals surface area contributed by atoms with Crippen molar-refractivity contribution in [3.63, 3.8) is 0 Å². The normalized spacial score (nSPS) is 11.5. The van der Waals surface area contributed by atoms with Gasteiger partial charge in [0.15, 0.2) is 5.65 Å². The van der Waals surface area contributed by atoms with Gasteiger partial charge in [0.25, 0.3) is 5.56 Å². The van der Waals surface area contributed by atoms with Crippen molar-refractivity contribution < 1.29 is 9.53 Å². The number of aromatic nitrogens is 4. The van der Waals surface area contributed by atoms with Crippen LogP contribution in [0.3, 0.4) is 0 Å². The van der Waals surface area contributed by atoms with Crippen molar-refractivity contribution in [3.8, 4) is 5.75 Å². The second kappa shape index (κ2) is 6.62. The molecule has 26 heavy (non-hydrogen) atoms. The molecular formula is C18H21N5O3. The van der Waals surface area contributed by atoms with E-state index < -0.39 is 0 Å². The van der Waals surface area contributed by atoms with Crippen LogP contribution in [0, 0.1) is 0 Å². The lowest BCUT2D eigenvalue weighted by Crippen LogP contribution is -2.34. The Labute approximate surface area is 150 Å². The Hall–Kier alpha value is -3.16. The zero-order chi connectivity index (χ0) is 18.9. The highest BCUT2D eigenvalue weighted by atomic mass is 16.5. The van der Waals surface area contributed by atoms with Crippen molar-refractivity contribution in [1.82, 2.24) is 19.4 Å². The summed E-state index contributed by atoms with van der Waals surface area (Å²) >= 11 is 0. The summed E-state index contributed by atoms with van der Waals surface area (Å²) in [5.74, 6) is 0.400. The lowest BCUT2D eigenvalue weighted by atomic mass is 10.1. The molecule has 0 aliphatic rings. The minimum Gasteiger partial charge on any atom is -0.497 e. The lowest BCUT2D eigenvalue weighted by Gasteiger charge is -2.19. The summed E-state index contributed by atoms with van der Waals surface area (Å²) in [6, 6.07) is 7.17. The number of hydrogen-bond donors (Lipinski definition) is 1. The molecule has 2 heterocycles. The highest BCUT2D eigenvalue weighted by molar-refractivity contribution is 5.86. The molecule has 8 nitrogen and oxygen atoms in total. The number of methoxy groups -OCH3 is 1.